The molecule has 2 aromatic rings. The highest BCUT2D eigenvalue weighted by atomic mass is 127. The minimum Gasteiger partial charge on any atom is -0.477 e. The third-order valence-electron chi connectivity index (χ3n) is 4.60. The Kier molecular flexibility index (Phi) is 8.76. The molecule has 1 aliphatic carbocycles. The van der Waals surface area contributed by atoms with E-state index >= 15 is 0 Å². The SMILES string of the molecule is CCNC(=NCc1ccnc(OCC2CC2)c1)NCC(C)(O)c1ccc(C)o1.I. The van der Waals surface area contributed by atoms with Crippen LogP contribution in [0.2, 0.25) is 0 Å². The maximum absolute atomic E-state index is 10.7. The average Bonchev–Trinajstić information content (AvgIpc) is 3.41. The zero-order valence-corrected chi connectivity index (χ0v) is 19.6. The van der Waals surface area contributed by atoms with Gasteiger partial charge in [0.1, 0.15) is 17.1 Å². The van der Waals surface area contributed by atoms with E-state index in [1.54, 1.807) is 19.2 Å². The Bertz CT molecular complexity index is 803. The maximum Gasteiger partial charge on any atom is 0.213 e. The number of furan rings is 1. The molecule has 8 heteroatoms. The zero-order valence-electron chi connectivity index (χ0n) is 17.3. The van der Waals surface area contributed by atoms with Crippen molar-refractivity contribution in [3.8, 4) is 5.88 Å². The lowest BCUT2D eigenvalue weighted by Gasteiger charge is -2.22. The molecule has 1 fully saturated rings. The summed E-state index contributed by atoms with van der Waals surface area (Å²) >= 11 is 0. The van der Waals surface area contributed by atoms with E-state index in [-0.39, 0.29) is 30.5 Å². The number of nitrogens with one attached hydrogen (secondary N) is 2. The predicted molar refractivity (Wildman–Crippen MR) is 124 cm³/mol. The Balaban J connectivity index is 0.00000300. The summed E-state index contributed by atoms with van der Waals surface area (Å²) in [6.07, 6.45) is 4.25. The molecule has 0 bridgehead atoms. The fraction of sp³-hybridized carbons (Fsp3) is 0.524. The molecule has 2 aromatic heterocycles. The highest BCUT2D eigenvalue weighted by Gasteiger charge is 2.27. The van der Waals surface area contributed by atoms with Crippen molar-refractivity contribution in [3.05, 3.63) is 47.5 Å². The van der Waals surface area contributed by atoms with E-state index in [0.29, 0.717) is 30.1 Å². The molecule has 0 aliphatic heterocycles. The Morgan fingerprint density at radius 3 is 2.79 bits per heavy atom. The van der Waals surface area contributed by atoms with E-state index in [0.717, 1.165) is 24.5 Å². The maximum atomic E-state index is 10.7. The molecule has 2 heterocycles. The van der Waals surface area contributed by atoms with Crippen LogP contribution in [0.1, 0.15) is 43.8 Å². The summed E-state index contributed by atoms with van der Waals surface area (Å²) in [4.78, 5) is 8.87. The van der Waals surface area contributed by atoms with Crippen molar-refractivity contribution in [1.82, 2.24) is 15.6 Å². The highest BCUT2D eigenvalue weighted by Crippen LogP contribution is 2.29. The van der Waals surface area contributed by atoms with E-state index in [9.17, 15) is 5.11 Å². The van der Waals surface area contributed by atoms with Crippen LogP contribution in [0.5, 0.6) is 5.88 Å². The van der Waals surface area contributed by atoms with Gasteiger partial charge in [-0.05, 0) is 63.3 Å². The monoisotopic (exact) mass is 514 g/mol. The molecule has 0 amide bonds. The molecule has 3 N–H and O–H groups in total. The molecule has 7 nitrogen and oxygen atoms in total. The molecule has 1 unspecified atom stereocenters. The molecule has 1 aliphatic rings. The van der Waals surface area contributed by atoms with Gasteiger partial charge in [-0.2, -0.15) is 0 Å². The third kappa shape index (κ3) is 7.50. The first-order valence-corrected chi connectivity index (χ1v) is 9.85. The number of halogens is 1. The molecule has 0 radical (unpaired) electrons. The number of hydrogen-bond donors (Lipinski definition) is 3. The number of guanidine groups is 1. The summed E-state index contributed by atoms with van der Waals surface area (Å²) in [5.74, 6) is 3.27. The van der Waals surface area contributed by atoms with Gasteiger partial charge < -0.3 is 24.9 Å². The van der Waals surface area contributed by atoms with Crippen LogP contribution in [0.4, 0.5) is 0 Å². The van der Waals surface area contributed by atoms with Crippen LogP contribution in [0, 0.1) is 12.8 Å². The number of rotatable bonds is 9. The first-order chi connectivity index (χ1) is 13.5. The van der Waals surface area contributed by atoms with Gasteiger partial charge in [-0.3, -0.25) is 0 Å². The molecule has 29 heavy (non-hydrogen) atoms. The van der Waals surface area contributed by atoms with E-state index in [4.69, 9.17) is 9.15 Å². The van der Waals surface area contributed by atoms with Gasteiger partial charge in [-0.15, -0.1) is 24.0 Å². The second kappa shape index (κ2) is 10.8. The van der Waals surface area contributed by atoms with E-state index in [1.165, 1.54) is 12.8 Å². The van der Waals surface area contributed by atoms with Crippen LogP contribution >= 0.6 is 24.0 Å². The quantitative estimate of drug-likeness (QED) is 0.270. The molecule has 0 aromatic carbocycles. The van der Waals surface area contributed by atoms with Gasteiger partial charge in [0.2, 0.25) is 5.88 Å². The lowest BCUT2D eigenvalue weighted by atomic mass is 10.0. The number of hydrogen-bond acceptors (Lipinski definition) is 5. The Hall–Kier alpha value is -1.81. The number of aryl methyl sites for hydroxylation is 1. The Labute approximate surface area is 189 Å². The molecular weight excluding hydrogens is 483 g/mol. The van der Waals surface area contributed by atoms with Gasteiger partial charge in [-0.1, -0.05) is 0 Å². The van der Waals surface area contributed by atoms with Gasteiger partial charge in [0.15, 0.2) is 5.96 Å². The number of aliphatic imine (C=N–C) groups is 1. The van der Waals surface area contributed by atoms with E-state index in [1.807, 2.05) is 32.0 Å². The fourth-order valence-electron chi connectivity index (χ4n) is 2.69. The van der Waals surface area contributed by atoms with Gasteiger partial charge in [0.05, 0.1) is 19.7 Å². The summed E-state index contributed by atoms with van der Waals surface area (Å²) in [5.41, 5.74) is -0.114. The van der Waals surface area contributed by atoms with E-state index in [2.05, 4.69) is 20.6 Å². The molecule has 1 saturated carbocycles. The molecule has 160 valence electrons. The Morgan fingerprint density at radius 1 is 1.34 bits per heavy atom. The van der Waals surface area contributed by atoms with Crippen molar-refractivity contribution in [2.24, 2.45) is 10.9 Å². The first-order valence-electron chi connectivity index (χ1n) is 9.85. The summed E-state index contributed by atoms with van der Waals surface area (Å²) in [6.45, 7) is 7.80. The highest BCUT2D eigenvalue weighted by molar-refractivity contribution is 14.0. The smallest absolute Gasteiger partial charge is 0.213 e. The summed E-state index contributed by atoms with van der Waals surface area (Å²) in [5, 5.41) is 17.1. The Morgan fingerprint density at radius 2 is 2.14 bits per heavy atom. The molecule has 0 spiro atoms. The van der Waals surface area contributed by atoms with Crippen molar-refractivity contribution in [1.29, 1.82) is 0 Å². The van der Waals surface area contributed by atoms with Crippen LogP contribution in [0.3, 0.4) is 0 Å². The molecule has 1 atom stereocenters. The normalized spacial score (nSPS) is 15.9. The average molecular weight is 514 g/mol. The van der Waals surface area contributed by atoms with Gasteiger partial charge in [-0.25, -0.2) is 9.98 Å². The largest absolute Gasteiger partial charge is 0.477 e. The fourth-order valence-corrected chi connectivity index (χ4v) is 2.69. The van der Waals surface area contributed by atoms with Crippen molar-refractivity contribution in [3.63, 3.8) is 0 Å². The predicted octanol–water partition coefficient (Wildman–Crippen LogP) is 3.35. The van der Waals surface area contributed by atoms with E-state index < -0.39 is 5.60 Å². The van der Waals surface area contributed by atoms with Crippen LogP contribution in [0.25, 0.3) is 0 Å². The summed E-state index contributed by atoms with van der Waals surface area (Å²) < 4.78 is 11.3. The van der Waals surface area contributed by atoms with Crippen LogP contribution in [0.15, 0.2) is 39.9 Å². The first kappa shape index (κ1) is 23.5. The second-order valence-electron chi connectivity index (χ2n) is 7.49. The van der Waals surface area contributed by atoms with Crippen molar-refractivity contribution in [2.75, 3.05) is 19.7 Å². The van der Waals surface area contributed by atoms with Crippen molar-refractivity contribution < 1.29 is 14.3 Å². The van der Waals surface area contributed by atoms with Crippen LogP contribution in [-0.2, 0) is 12.1 Å². The van der Waals surface area contributed by atoms with Crippen LogP contribution < -0.4 is 15.4 Å². The van der Waals surface area contributed by atoms with Crippen molar-refractivity contribution >= 4 is 29.9 Å². The van der Waals surface area contributed by atoms with Gasteiger partial charge in [0.25, 0.3) is 0 Å². The summed E-state index contributed by atoms with van der Waals surface area (Å²) in [6, 6.07) is 7.49. The number of pyridine rings is 1. The minimum atomic E-state index is -1.13. The number of aromatic nitrogens is 1. The minimum absolute atomic E-state index is 0. The van der Waals surface area contributed by atoms with Crippen molar-refractivity contribution in [2.45, 2.75) is 45.8 Å². The standard InChI is InChI=1S/C21H30N4O3.HI/c1-4-22-20(25-14-21(3,26)18-8-5-15(2)28-18)24-12-17-9-10-23-19(11-17)27-13-16-6-7-16;/h5,8-11,16,26H,4,6-7,12-14H2,1-3H3,(H2,22,24,25);1H. The number of nitrogens with zero attached hydrogens (tertiary/aromatic N) is 2. The number of aliphatic hydroxyl groups is 1. The number of ether oxygens (including phenoxy) is 1. The van der Waals surface area contributed by atoms with Gasteiger partial charge >= 0.3 is 0 Å². The lowest BCUT2D eigenvalue weighted by Crippen LogP contribution is -2.44. The van der Waals surface area contributed by atoms with Crippen LogP contribution in [-0.4, -0.2) is 35.7 Å². The topological polar surface area (TPSA) is 91.9 Å². The molecule has 0 saturated heterocycles. The lowest BCUT2D eigenvalue weighted by molar-refractivity contribution is 0.0378. The molecular formula is C21H31IN4O3. The third-order valence-corrected chi connectivity index (χ3v) is 4.60. The second-order valence-corrected chi connectivity index (χ2v) is 7.49. The summed E-state index contributed by atoms with van der Waals surface area (Å²) in [7, 11) is 0. The van der Waals surface area contributed by atoms with Gasteiger partial charge in [0, 0.05) is 18.8 Å². The molecule has 3 rings (SSSR count). The zero-order chi connectivity index (χ0) is 20.0.